The van der Waals surface area contributed by atoms with Gasteiger partial charge in [0, 0.05) is 25.0 Å². The lowest BCUT2D eigenvalue weighted by atomic mass is 10.2. The molecule has 0 amide bonds. The smallest absolute Gasteiger partial charge is 0.264 e. The van der Waals surface area contributed by atoms with Crippen LogP contribution in [0.1, 0.15) is 5.56 Å². The van der Waals surface area contributed by atoms with Crippen molar-refractivity contribution in [3.8, 4) is 0 Å². The molecular weight excluding hydrogens is 313 g/mol. The monoisotopic (exact) mass is 325 g/mol. The Labute approximate surface area is 127 Å². The molecule has 110 valence electrons. The van der Waals surface area contributed by atoms with E-state index in [0.717, 1.165) is 16.4 Å². The lowest BCUT2D eigenvalue weighted by Crippen LogP contribution is -2.27. The third-order valence-electron chi connectivity index (χ3n) is 2.89. The van der Waals surface area contributed by atoms with E-state index in [1.54, 1.807) is 12.1 Å². The van der Waals surface area contributed by atoms with Crippen molar-refractivity contribution in [3.63, 3.8) is 0 Å². The van der Waals surface area contributed by atoms with Gasteiger partial charge in [-0.2, -0.15) is 0 Å². The molecule has 2 rings (SSSR count). The van der Waals surface area contributed by atoms with E-state index in [9.17, 15) is 12.8 Å². The maximum absolute atomic E-state index is 13.5. The van der Waals surface area contributed by atoms with E-state index in [1.165, 1.54) is 25.5 Å². The van der Waals surface area contributed by atoms with Gasteiger partial charge in [-0.3, -0.25) is 9.29 Å². The maximum Gasteiger partial charge on any atom is 0.264 e. The molecule has 1 aromatic carbocycles. The Balaban J connectivity index is 2.50. The van der Waals surface area contributed by atoms with Crippen LogP contribution in [0.5, 0.6) is 0 Å². The molecule has 2 N–H and O–H groups in total. The number of aromatic nitrogens is 1. The zero-order chi connectivity index (χ0) is 15.6. The molecule has 5 nitrogen and oxygen atoms in total. The highest BCUT2D eigenvalue weighted by atomic mass is 32.2. The first-order valence-electron chi connectivity index (χ1n) is 5.82. The Bertz CT molecular complexity index is 779. The topological polar surface area (TPSA) is 76.3 Å². The Morgan fingerprint density at radius 2 is 1.90 bits per heavy atom. The molecule has 8 heteroatoms. The zero-order valence-corrected chi connectivity index (χ0v) is 12.7. The van der Waals surface area contributed by atoms with Gasteiger partial charge in [0.15, 0.2) is 0 Å². The molecule has 0 spiro atoms. The van der Waals surface area contributed by atoms with Crippen molar-refractivity contribution in [2.24, 2.45) is 5.73 Å². The van der Waals surface area contributed by atoms with Gasteiger partial charge < -0.3 is 5.73 Å². The fourth-order valence-electron chi connectivity index (χ4n) is 1.70. The summed E-state index contributed by atoms with van der Waals surface area (Å²) in [7, 11) is -2.44. The maximum atomic E-state index is 13.5. The van der Waals surface area contributed by atoms with Crippen molar-refractivity contribution in [3.05, 3.63) is 54.1 Å². The molecule has 0 unspecified atom stereocenters. The first-order chi connectivity index (χ1) is 9.84. The van der Waals surface area contributed by atoms with Crippen LogP contribution in [0.2, 0.25) is 0 Å². The van der Waals surface area contributed by atoms with E-state index in [2.05, 4.69) is 4.98 Å². The molecule has 0 bridgehead atoms. The van der Waals surface area contributed by atoms with Gasteiger partial charge in [0.05, 0.1) is 10.6 Å². The van der Waals surface area contributed by atoms with Gasteiger partial charge in [-0.15, -0.1) is 0 Å². The minimum atomic E-state index is -3.84. The molecule has 1 aromatic heterocycles. The number of nitrogens with zero attached hydrogens (tertiary/aromatic N) is 2. The number of hydrogen-bond donors (Lipinski definition) is 1. The lowest BCUT2D eigenvalue weighted by molar-refractivity contribution is 0.593. The summed E-state index contributed by atoms with van der Waals surface area (Å²) in [5.41, 5.74) is 5.72. The summed E-state index contributed by atoms with van der Waals surface area (Å²) < 4.78 is 39.7. The Morgan fingerprint density at radius 3 is 2.48 bits per heavy atom. The summed E-state index contributed by atoms with van der Waals surface area (Å²) >= 11 is 4.71. The summed E-state index contributed by atoms with van der Waals surface area (Å²) in [6.07, 6.45) is 2.96. The quantitative estimate of drug-likeness (QED) is 0.866. The number of nitrogens with two attached hydrogens (primary N) is 1. The number of pyridine rings is 1. The third kappa shape index (κ3) is 3.01. The van der Waals surface area contributed by atoms with Crippen LogP contribution in [-0.4, -0.2) is 25.4 Å². The number of thiocarbonyl (C=S) groups is 1. The summed E-state index contributed by atoms with van der Waals surface area (Å²) in [6, 6.07) is 6.43. The van der Waals surface area contributed by atoms with Crippen molar-refractivity contribution in [1.29, 1.82) is 0 Å². The summed E-state index contributed by atoms with van der Waals surface area (Å²) in [4.78, 5) is 3.54. The minimum Gasteiger partial charge on any atom is -0.389 e. The Hall–Kier alpha value is -2.06. The van der Waals surface area contributed by atoms with E-state index < -0.39 is 15.8 Å². The molecule has 0 saturated heterocycles. The number of halogens is 1. The highest BCUT2D eigenvalue weighted by Crippen LogP contribution is 2.23. The van der Waals surface area contributed by atoms with Crippen LogP contribution in [0, 0.1) is 5.82 Å². The SMILES string of the molecule is CN(c1ccncc1)S(=O)(=O)c1ccc(F)c(C(N)=S)c1. The summed E-state index contributed by atoms with van der Waals surface area (Å²) in [6.45, 7) is 0. The van der Waals surface area contributed by atoms with Crippen LogP contribution in [0.4, 0.5) is 10.1 Å². The van der Waals surface area contributed by atoms with Crippen LogP contribution in [0.3, 0.4) is 0 Å². The van der Waals surface area contributed by atoms with Crippen molar-refractivity contribution in [2.75, 3.05) is 11.4 Å². The molecule has 1 heterocycles. The van der Waals surface area contributed by atoms with Crippen molar-refractivity contribution in [2.45, 2.75) is 4.90 Å². The van der Waals surface area contributed by atoms with Gasteiger partial charge in [-0.1, -0.05) is 12.2 Å². The number of hydrogen-bond acceptors (Lipinski definition) is 4. The van der Waals surface area contributed by atoms with E-state index in [0.29, 0.717) is 5.69 Å². The molecule has 0 fully saturated rings. The first-order valence-corrected chi connectivity index (χ1v) is 7.67. The molecular formula is C13H12FN3O2S2. The molecule has 0 saturated carbocycles. The average molecular weight is 325 g/mol. The van der Waals surface area contributed by atoms with Crippen LogP contribution in [0.25, 0.3) is 0 Å². The molecule has 0 aliphatic carbocycles. The summed E-state index contributed by atoms with van der Waals surface area (Å²) in [5.74, 6) is -0.659. The van der Waals surface area contributed by atoms with Crippen molar-refractivity contribution < 1.29 is 12.8 Å². The van der Waals surface area contributed by atoms with Gasteiger partial charge >= 0.3 is 0 Å². The number of benzene rings is 1. The highest BCUT2D eigenvalue weighted by Gasteiger charge is 2.22. The fraction of sp³-hybridized carbons (Fsp3) is 0.0769. The van der Waals surface area contributed by atoms with E-state index >= 15 is 0 Å². The van der Waals surface area contributed by atoms with Gasteiger partial charge in [-0.25, -0.2) is 12.8 Å². The van der Waals surface area contributed by atoms with E-state index in [4.69, 9.17) is 18.0 Å². The van der Waals surface area contributed by atoms with Gasteiger partial charge in [0.2, 0.25) is 0 Å². The second-order valence-electron chi connectivity index (χ2n) is 4.18. The fourth-order valence-corrected chi connectivity index (χ4v) is 3.08. The average Bonchev–Trinajstić information content (AvgIpc) is 2.47. The minimum absolute atomic E-state index is 0.0917. The van der Waals surface area contributed by atoms with Crippen LogP contribution < -0.4 is 10.0 Å². The van der Waals surface area contributed by atoms with E-state index in [1.807, 2.05) is 0 Å². The highest BCUT2D eigenvalue weighted by molar-refractivity contribution is 7.92. The van der Waals surface area contributed by atoms with Crippen molar-refractivity contribution in [1.82, 2.24) is 4.98 Å². The molecule has 0 atom stereocenters. The molecule has 0 radical (unpaired) electrons. The van der Waals surface area contributed by atoms with Gasteiger partial charge in [0.1, 0.15) is 10.8 Å². The number of anilines is 1. The molecule has 21 heavy (non-hydrogen) atoms. The van der Waals surface area contributed by atoms with Crippen LogP contribution in [-0.2, 0) is 10.0 Å². The zero-order valence-electron chi connectivity index (χ0n) is 11.0. The lowest BCUT2D eigenvalue weighted by Gasteiger charge is -2.19. The number of rotatable bonds is 4. The predicted octanol–water partition coefficient (Wildman–Crippen LogP) is 1.68. The second-order valence-corrected chi connectivity index (χ2v) is 6.59. The second kappa shape index (κ2) is 5.74. The van der Waals surface area contributed by atoms with Crippen LogP contribution in [0.15, 0.2) is 47.6 Å². The third-order valence-corrected chi connectivity index (χ3v) is 4.89. The molecule has 0 aliphatic heterocycles. The predicted molar refractivity (Wildman–Crippen MR) is 82.1 cm³/mol. The van der Waals surface area contributed by atoms with Gasteiger partial charge in [0.25, 0.3) is 10.0 Å². The van der Waals surface area contributed by atoms with Crippen LogP contribution >= 0.6 is 12.2 Å². The largest absolute Gasteiger partial charge is 0.389 e. The van der Waals surface area contributed by atoms with Crippen molar-refractivity contribution >= 4 is 32.9 Å². The summed E-state index contributed by atoms with van der Waals surface area (Å²) in [5, 5.41) is 0. The normalized spacial score (nSPS) is 11.1. The first kappa shape index (κ1) is 15.3. The molecule has 2 aromatic rings. The molecule has 0 aliphatic rings. The van der Waals surface area contributed by atoms with E-state index in [-0.39, 0.29) is 15.4 Å². The Kier molecular flexibility index (Phi) is 4.19. The van der Waals surface area contributed by atoms with Gasteiger partial charge in [-0.05, 0) is 30.3 Å². The Morgan fingerprint density at radius 1 is 1.29 bits per heavy atom. The number of sulfonamides is 1. The standard InChI is InChI=1S/C13H12FN3O2S2/c1-17(9-4-6-16-7-5-9)21(18,19)10-2-3-12(14)11(8-10)13(15)20/h2-8H,1H3,(H2,15,20).